The third kappa shape index (κ3) is 3.64. The Bertz CT molecular complexity index is 617. The SMILES string of the molecule is CN(C)c1ccc(Cl)cc1NCc1ccc(Br)cc1F. The Morgan fingerprint density at radius 1 is 1.20 bits per heavy atom. The Kier molecular flexibility index (Phi) is 4.89. The van der Waals surface area contributed by atoms with E-state index in [2.05, 4.69) is 21.2 Å². The molecule has 0 radical (unpaired) electrons. The first kappa shape index (κ1) is 15.1. The molecular formula is C15H15BrClFN2. The third-order valence-corrected chi connectivity index (χ3v) is 3.65. The Morgan fingerprint density at radius 3 is 2.60 bits per heavy atom. The van der Waals surface area contributed by atoms with Crippen LogP contribution in [0.15, 0.2) is 40.9 Å². The highest BCUT2D eigenvalue weighted by Gasteiger charge is 2.07. The number of hydrogen-bond acceptors (Lipinski definition) is 2. The van der Waals surface area contributed by atoms with Crippen molar-refractivity contribution in [3.8, 4) is 0 Å². The van der Waals surface area contributed by atoms with Gasteiger partial charge in [0.05, 0.1) is 11.4 Å². The van der Waals surface area contributed by atoms with Crippen LogP contribution >= 0.6 is 27.5 Å². The Labute approximate surface area is 131 Å². The second-order valence-electron chi connectivity index (χ2n) is 4.65. The number of hydrogen-bond donors (Lipinski definition) is 1. The van der Waals surface area contributed by atoms with Crippen LogP contribution in [0.3, 0.4) is 0 Å². The molecule has 0 aliphatic heterocycles. The molecule has 106 valence electrons. The fraction of sp³-hybridized carbons (Fsp3) is 0.200. The molecule has 2 rings (SSSR count). The van der Waals surface area contributed by atoms with Gasteiger partial charge in [0, 0.05) is 35.7 Å². The highest BCUT2D eigenvalue weighted by molar-refractivity contribution is 9.10. The number of nitrogens with one attached hydrogen (secondary N) is 1. The van der Waals surface area contributed by atoms with E-state index in [1.54, 1.807) is 6.07 Å². The molecule has 2 aromatic carbocycles. The van der Waals surface area contributed by atoms with Gasteiger partial charge in [-0.05, 0) is 30.3 Å². The Balaban J connectivity index is 2.20. The van der Waals surface area contributed by atoms with E-state index in [0.717, 1.165) is 15.8 Å². The number of nitrogens with zero attached hydrogens (tertiary/aromatic N) is 1. The van der Waals surface area contributed by atoms with Crippen molar-refractivity contribution in [2.45, 2.75) is 6.54 Å². The number of rotatable bonds is 4. The summed E-state index contributed by atoms with van der Waals surface area (Å²) in [6.45, 7) is 0.403. The van der Waals surface area contributed by atoms with E-state index in [4.69, 9.17) is 11.6 Å². The van der Waals surface area contributed by atoms with Gasteiger partial charge in [-0.3, -0.25) is 0 Å². The summed E-state index contributed by atoms with van der Waals surface area (Å²) >= 11 is 9.26. The van der Waals surface area contributed by atoms with Crippen LogP contribution in [0.4, 0.5) is 15.8 Å². The van der Waals surface area contributed by atoms with Crippen LogP contribution in [0.25, 0.3) is 0 Å². The summed E-state index contributed by atoms with van der Waals surface area (Å²) in [6.07, 6.45) is 0. The smallest absolute Gasteiger partial charge is 0.129 e. The first-order valence-corrected chi connectivity index (χ1v) is 7.29. The van der Waals surface area contributed by atoms with Gasteiger partial charge in [-0.15, -0.1) is 0 Å². The maximum atomic E-state index is 13.8. The first-order valence-electron chi connectivity index (χ1n) is 6.12. The van der Waals surface area contributed by atoms with Crippen LogP contribution < -0.4 is 10.2 Å². The summed E-state index contributed by atoms with van der Waals surface area (Å²) in [6, 6.07) is 10.7. The molecule has 0 atom stereocenters. The molecule has 2 aromatic rings. The van der Waals surface area contributed by atoms with Crippen molar-refractivity contribution in [3.63, 3.8) is 0 Å². The van der Waals surface area contributed by atoms with Crippen LogP contribution in [0, 0.1) is 5.82 Å². The van der Waals surface area contributed by atoms with Crippen LogP contribution in [0.5, 0.6) is 0 Å². The molecule has 2 nitrogen and oxygen atoms in total. The van der Waals surface area contributed by atoms with E-state index in [9.17, 15) is 4.39 Å². The molecule has 0 saturated carbocycles. The van der Waals surface area contributed by atoms with Gasteiger partial charge in [0.15, 0.2) is 0 Å². The summed E-state index contributed by atoms with van der Waals surface area (Å²) in [5.41, 5.74) is 2.50. The van der Waals surface area contributed by atoms with Gasteiger partial charge >= 0.3 is 0 Å². The van der Waals surface area contributed by atoms with Crippen LogP contribution in [0.1, 0.15) is 5.56 Å². The molecule has 0 spiro atoms. The monoisotopic (exact) mass is 356 g/mol. The fourth-order valence-electron chi connectivity index (χ4n) is 1.90. The highest BCUT2D eigenvalue weighted by atomic mass is 79.9. The van der Waals surface area contributed by atoms with Gasteiger partial charge in [-0.25, -0.2) is 4.39 Å². The lowest BCUT2D eigenvalue weighted by Gasteiger charge is -2.19. The third-order valence-electron chi connectivity index (χ3n) is 2.92. The molecule has 0 aliphatic rings. The van der Waals surface area contributed by atoms with E-state index < -0.39 is 0 Å². The lowest BCUT2D eigenvalue weighted by Crippen LogP contribution is -2.12. The average Bonchev–Trinajstić information content (AvgIpc) is 2.37. The van der Waals surface area contributed by atoms with Gasteiger partial charge in [0.25, 0.3) is 0 Å². The number of anilines is 2. The highest BCUT2D eigenvalue weighted by Crippen LogP contribution is 2.28. The molecule has 0 aromatic heterocycles. The van der Waals surface area contributed by atoms with Gasteiger partial charge in [-0.1, -0.05) is 33.6 Å². The second kappa shape index (κ2) is 6.46. The predicted molar refractivity (Wildman–Crippen MR) is 87.2 cm³/mol. The quantitative estimate of drug-likeness (QED) is 0.835. The molecule has 0 unspecified atom stereocenters. The number of halogens is 3. The van der Waals surface area contributed by atoms with Crippen molar-refractivity contribution < 1.29 is 4.39 Å². The summed E-state index contributed by atoms with van der Waals surface area (Å²) < 4.78 is 14.5. The normalized spacial score (nSPS) is 10.4. The molecule has 5 heteroatoms. The van der Waals surface area contributed by atoms with Crippen molar-refractivity contribution in [1.29, 1.82) is 0 Å². The van der Waals surface area contributed by atoms with Crippen molar-refractivity contribution in [2.75, 3.05) is 24.3 Å². The molecule has 0 saturated heterocycles. The van der Waals surface area contributed by atoms with E-state index in [0.29, 0.717) is 17.1 Å². The minimum Gasteiger partial charge on any atom is -0.379 e. The Hall–Kier alpha value is -1.26. The van der Waals surface area contributed by atoms with Gasteiger partial charge < -0.3 is 10.2 Å². The standard InChI is InChI=1S/C15H15BrClFN2/c1-20(2)15-6-5-12(17)8-14(15)19-9-10-3-4-11(16)7-13(10)18/h3-8,19H,9H2,1-2H3. The lowest BCUT2D eigenvalue weighted by atomic mass is 10.2. The first-order chi connectivity index (χ1) is 9.47. The van der Waals surface area contributed by atoms with Crippen molar-refractivity contribution in [2.24, 2.45) is 0 Å². The van der Waals surface area contributed by atoms with Gasteiger partial charge in [0.2, 0.25) is 0 Å². The summed E-state index contributed by atoms with van der Waals surface area (Å²) in [7, 11) is 3.91. The fourth-order valence-corrected chi connectivity index (χ4v) is 2.40. The van der Waals surface area contributed by atoms with Crippen LogP contribution in [-0.4, -0.2) is 14.1 Å². The molecular weight excluding hydrogens is 343 g/mol. The van der Waals surface area contributed by atoms with Gasteiger partial charge in [0.1, 0.15) is 5.82 Å². The largest absolute Gasteiger partial charge is 0.379 e. The van der Waals surface area contributed by atoms with E-state index in [1.165, 1.54) is 6.07 Å². The van der Waals surface area contributed by atoms with Crippen LogP contribution in [0.2, 0.25) is 5.02 Å². The molecule has 0 heterocycles. The summed E-state index contributed by atoms with van der Waals surface area (Å²) in [5.74, 6) is -0.236. The topological polar surface area (TPSA) is 15.3 Å². The summed E-state index contributed by atoms with van der Waals surface area (Å²) in [4.78, 5) is 1.98. The van der Waals surface area contributed by atoms with Crippen molar-refractivity contribution in [3.05, 3.63) is 57.3 Å². The van der Waals surface area contributed by atoms with E-state index >= 15 is 0 Å². The minimum absolute atomic E-state index is 0.236. The van der Waals surface area contributed by atoms with Crippen LogP contribution in [-0.2, 0) is 6.54 Å². The van der Waals surface area contributed by atoms with Gasteiger partial charge in [-0.2, -0.15) is 0 Å². The molecule has 1 N–H and O–H groups in total. The van der Waals surface area contributed by atoms with Crippen molar-refractivity contribution in [1.82, 2.24) is 0 Å². The maximum Gasteiger partial charge on any atom is 0.129 e. The van der Waals surface area contributed by atoms with E-state index in [-0.39, 0.29) is 5.82 Å². The zero-order valence-corrected chi connectivity index (χ0v) is 13.6. The summed E-state index contributed by atoms with van der Waals surface area (Å²) in [5, 5.41) is 3.88. The Morgan fingerprint density at radius 2 is 1.95 bits per heavy atom. The number of benzene rings is 2. The zero-order chi connectivity index (χ0) is 14.7. The lowest BCUT2D eigenvalue weighted by molar-refractivity contribution is 0.612. The second-order valence-corrected chi connectivity index (χ2v) is 6.00. The predicted octanol–water partition coefficient (Wildman–Crippen LogP) is 4.92. The zero-order valence-electron chi connectivity index (χ0n) is 11.3. The molecule has 0 aliphatic carbocycles. The average molecular weight is 358 g/mol. The molecule has 0 bridgehead atoms. The molecule has 20 heavy (non-hydrogen) atoms. The van der Waals surface area contributed by atoms with Crippen molar-refractivity contribution >= 4 is 38.9 Å². The maximum absolute atomic E-state index is 13.8. The molecule has 0 amide bonds. The molecule has 0 fully saturated rings. The van der Waals surface area contributed by atoms with E-state index in [1.807, 2.05) is 43.3 Å². The minimum atomic E-state index is -0.236.